The SMILES string of the molecule is C=CC.CC.CC=NC. The molecule has 0 heterocycles. The number of hydrogen-bond donors (Lipinski definition) is 0. The summed E-state index contributed by atoms with van der Waals surface area (Å²) in [4.78, 5) is 3.61. The molecule has 1 nitrogen and oxygen atoms in total. The number of allylic oxidation sites excluding steroid dienone is 1. The van der Waals surface area contributed by atoms with Crippen LogP contribution in [-0.4, -0.2) is 13.3 Å². The van der Waals surface area contributed by atoms with Gasteiger partial charge in [-0.15, -0.1) is 6.58 Å². The van der Waals surface area contributed by atoms with Crippen molar-refractivity contribution in [2.45, 2.75) is 27.7 Å². The first kappa shape index (κ1) is 15.8. The second-order valence-corrected chi connectivity index (χ2v) is 0.925. The normalized spacial score (nSPS) is 6.33. The highest BCUT2D eigenvalue weighted by molar-refractivity contribution is 5.52. The summed E-state index contributed by atoms with van der Waals surface area (Å²) < 4.78 is 0. The monoisotopic (exact) mass is 129 g/mol. The Morgan fingerprint density at radius 3 is 1.33 bits per heavy atom. The zero-order valence-corrected chi connectivity index (χ0v) is 7.31. The van der Waals surface area contributed by atoms with Crippen LogP contribution in [0.2, 0.25) is 0 Å². The molecule has 0 aliphatic rings. The van der Waals surface area contributed by atoms with E-state index in [4.69, 9.17) is 0 Å². The molecule has 0 aromatic heterocycles. The van der Waals surface area contributed by atoms with Crippen molar-refractivity contribution in [1.82, 2.24) is 0 Å². The van der Waals surface area contributed by atoms with E-state index in [9.17, 15) is 0 Å². The molecule has 0 aromatic carbocycles. The van der Waals surface area contributed by atoms with Gasteiger partial charge in [0, 0.05) is 7.05 Å². The van der Waals surface area contributed by atoms with E-state index in [2.05, 4.69) is 11.6 Å². The van der Waals surface area contributed by atoms with E-state index in [-0.39, 0.29) is 0 Å². The molecule has 0 aliphatic carbocycles. The van der Waals surface area contributed by atoms with E-state index in [1.54, 1.807) is 19.3 Å². The van der Waals surface area contributed by atoms with Crippen molar-refractivity contribution in [2.24, 2.45) is 4.99 Å². The lowest BCUT2D eigenvalue weighted by molar-refractivity contribution is 1.46. The summed E-state index contributed by atoms with van der Waals surface area (Å²) in [7, 11) is 1.75. The summed E-state index contributed by atoms with van der Waals surface area (Å²) in [5.74, 6) is 0. The first-order chi connectivity index (χ1) is 4.33. The molecular weight excluding hydrogens is 110 g/mol. The van der Waals surface area contributed by atoms with Gasteiger partial charge in [0.15, 0.2) is 0 Å². The summed E-state index contributed by atoms with van der Waals surface area (Å²) in [6.45, 7) is 11.1. The number of hydrogen-bond acceptors (Lipinski definition) is 1. The van der Waals surface area contributed by atoms with E-state index in [0.717, 1.165) is 0 Å². The molecule has 0 spiro atoms. The average Bonchev–Trinajstić information content (AvgIpc) is 1.94. The zero-order chi connectivity index (χ0) is 8.12. The van der Waals surface area contributed by atoms with Crippen LogP contribution < -0.4 is 0 Å². The fourth-order valence-corrected chi connectivity index (χ4v) is 0. The molecule has 0 atom stereocenters. The van der Waals surface area contributed by atoms with Gasteiger partial charge < -0.3 is 4.99 Å². The molecule has 0 aromatic rings. The minimum atomic E-state index is 1.75. The molecule has 1 heteroatoms. The molecule has 0 unspecified atom stereocenters. The van der Waals surface area contributed by atoms with Gasteiger partial charge in [-0.1, -0.05) is 19.9 Å². The summed E-state index contributed by atoms with van der Waals surface area (Å²) in [5.41, 5.74) is 0. The van der Waals surface area contributed by atoms with Gasteiger partial charge in [0.2, 0.25) is 0 Å². The van der Waals surface area contributed by atoms with Crippen LogP contribution in [-0.2, 0) is 0 Å². The van der Waals surface area contributed by atoms with Crippen molar-refractivity contribution in [3.05, 3.63) is 12.7 Å². The lowest BCUT2D eigenvalue weighted by Gasteiger charge is -1.53. The molecule has 0 saturated carbocycles. The van der Waals surface area contributed by atoms with E-state index >= 15 is 0 Å². The second-order valence-electron chi connectivity index (χ2n) is 0.925. The molecular formula is C8H19N. The van der Waals surface area contributed by atoms with E-state index < -0.39 is 0 Å². The van der Waals surface area contributed by atoms with Crippen LogP contribution in [0.5, 0.6) is 0 Å². The molecule has 0 aliphatic heterocycles. The Morgan fingerprint density at radius 2 is 1.33 bits per heavy atom. The molecule has 0 fully saturated rings. The molecule has 0 bridgehead atoms. The third kappa shape index (κ3) is 1290. The molecule has 0 saturated heterocycles. The van der Waals surface area contributed by atoms with E-state index in [1.807, 2.05) is 27.7 Å². The molecule has 0 amide bonds. The highest BCUT2D eigenvalue weighted by Gasteiger charge is 1.32. The van der Waals surface area contributed by atoms with Gasteiger partial charge >= 0.3 is 0 Å². The molecule has 0 radical (unpaired) electrons. The third-order valence-corrected chi connectivity index (χ3v) is 0.258. The first-order valence-electron chi connectivity index (χ1n) is 3.27. The molecule has 0 N–H and O–H groups in total. The predicted molar refractivity (Wildman–Crippen MR) is 47.3 cm³/mol. The highest BCUT2D eigenvalue weighted by atomic mass is 14.6. The third-order valence-electron chi connectivity index (χ3n) is 0.258. The van der Waals surface area contributed by atoms with Gasteiger partial charge in [-0.3, -0.25) is 0 Å². The first-order valence-corrected chi connectivity index (χ1v) is 3.27. The maximum absolute atomic E-state index is 3.61. The quantitative estimate of drug-likeness (QED) is 0.352. The maximum Gasteiger partial charge on any atom is 0.0273 e. The molecule has 0 rings (SSSR count). The van der Waals surface area contributed by atoms with Crippen LogP contribution in [0.25, 0.3) is 0 Å². The highest BCUT2D eigenvalue weighted by Crippen LogP contribution is 1.39. The molecule has 56 valence electrons. The minimum absolute atomic E-state index is 1.75. The van der Waals surface area contributed by atoms with Gasteiger partial charge in [0.25, 0.3) is 0 Å². The maximum atomic E-state index is 3.61. The van der Waals surface area contributed by atoms with Gasteiger partial charge in [-0.05, 0) is 20.1 Å². The summed E-state index contributed by atoms with van der Waals surface area (Å²) in [6, 6.07) is 0. The minimum Gasteiger partial charge on any atom is -0.301 e. The van der Waals surface area contributed by atoms with Crippen molar-refractivity contribution >= 4 is 6.21 Å². The van der Waals surface area contributed by atoms with Gasteiger partial charge in [-0.2, -0.15) is 0 Å². The Morgan fingerprint density at radius 1 is 1.22 bits per heavy atom. The fourth-order valence-electron chi connectivity index (χ4n) is 0. The van der Waals surface area contributed by atoms with Crippen molar-refractivity contribution in [3.8, 4) is 0 Å². The van der Waals surface area contributed by atoms with Crippen LogP contribution in [0.3, 0.4) is 0 Å². The van der Waals surface area contributed by atoms with E-state index in [1.165, 1.54) is 0 Å². The Balaban J connectivity index is -0.0000000646. The van der Waals surface area contributed by atoms with Gasteiger partial charge in [-0.25, -0.2) is 0 Å². The van der Waals surface area contributed by atoms with E-state index in [0.29, 0.717) is 0 Å². The lowest BCUT2D eigenvalue weighted by atomic mass is 10.8. The smallest absolute Gasteiger partial charge is 0.0273 e. The Kier molecular flexibility index (Phi) is 91.9. The number of nitrogens with zero attached hydrogens (tertiary/aromatic N) is 1. The summed E-state index contributed by atoms with van der Waals surface area (Å²) in [6.07, 6.45) is 3.50. The number of aliphatic imine (C=N–C) groups is 1. The Labute approximate surface area is 59.5 Å². The fraction of sp³-hybridized carbons (Fsp3) is 0.625. The van der Waals surface area contributed by atoms with Crippen molar-refractivity contribution in [3.63, 3.8) is 0 Å². The average molecular weight is 129 g/mol. The van der Waals surface area contributed by atoms with Crippen LogP contribution in [0.15, 0.2) is 17.6 Å². The molecule has 9 heavy (non-hydrogen) atoms. The van der Waals surface area contributed by atoms with Gasteiger partial charge in [0.05, 0.1) is 0 Å². The van der Waals surface area contributed by atoms with Crippen LogP contribution in [0, 0.1) is 0 Å². The lowest BCUT2D eigenvalue weighted by Crippen LogP contribution is -1.47. The Hall–Kier alpha value is -0.590. The van der Waals surface area contributed by atoms with Crippen LogP contribution >= 0.6 is 0 Å². The topological polar surface area (TPSA) is 12.4 Å². The van der Waals surface area contributed by atoms with Gasteiger partial charge in [0.1, 0.15) is 0 Å². The zero-order valence-electron chi connectivity index (χ0n) is 7.31. The number of rotatable bonds is 0. The summed E-state index contributed by atoms with van der Waals surface area (Å²) in [5, 5.41) is 0. The largest absolute Gasteiger partial charge is 0.301 e. The van der Waals surface area contributed by atoms with Crippen LogP contribution in [0.4, 0.5) is 0 Å². The summed E-state index contributed by atoms with van der Waals surface area (Å²) >= 11 is 0. The predicted octanol–water partition coefficient (Wildman–Crippen LogP) is 2.93. The van der Waals surface area contributed by atoms with Crippen molar-refractivity contribution < 1.29 is 0 Å². The standard InChI is InChI=1S/C3H7N.C3H6.C2H6/c1-3-4-2;1-3-2;1-2/h3H,1-2H3;3H,1H2,2H3;1-2H3. The van der Waals surface area contributed by atoms with Crippen molar-refractivity contribution in [1.29, 1.82) is 0 Å². The van der Waals surface area contributed by atoms with Crippen molar-refractivity contribution in [2.75, 3.05) is 7.05 Å². The second kappa shape index (κ2) is 52.4. The Bertz CT molecular complexity index is 42.5. The van der Waals surface area contributed by atoms with Crippen LogP contribution in [0.1, 0.15) is 27.7 Å².